The Morgan fingerprint density at radius 2 is 1.71 bits per heavy atom. The molecular weight excluding hydrogens is 228 g/mol. The first-order valence-electron chi connectivity index (χ1n) is 5.63. The van der Waals surface area contributed by atoms with Crippen LogP contribution in [0.15, 0.2) is 36.5 Å². The lowest BCUT2D eigenvalue weighted by Crippen LogP contribution is -2.10. The van der Waals surface area contributed by atoms with Gasteiger partial charge in [-0.3, -0.25) is 0 Å². The topological polar surface area (TPSA) is 28.7 Å². The molecule has 1 N–H and O–H groups in total. The largest absolute Gasteiger partial charge is 0.331 e. The summed E-state index contributed by atoms with van der Waals surface area (Å²) in [6.07, 6.45) is 1.73. The Balaban J connectivity index is 2.39. The first-order valence-corrected chi connectivity index (χ1v) is 6.04. The molecule has 0 saturated carbocycles. The molecule has 1 heterocycles. The Kier molecular flexibility index (Phi) is 3.11. The van der Waals surface area contributed by atoms with Crippen molar-refractivity contribution >= 4 is 12.2 Å². The average molecular weight is 244 g/mol. The normalized spacial score (nSPS) is 11.5. The number of H-pyrrole nitrogens is 1. The molecule has 2 nitrogen and oxygen atoms in total. The summed E-state index contributed by atoms with van der Waals surface area (Å²) in [5.74, 6) is 0.818. The zero-order chi connectivity index (χ0) is 12.5. The highest BCUT2D eigenvalue weighted by molar-refractivity contribution is 7.71. The van der Waals surface area contributed by atoms with Crippen molar-refractivity contribution in [1.82, 2.24) is 9.97 Å². The van der Waals surface area contributed by atoms with Gasteiger partial charge in [-0.25, -0.2) is 4.98 Å². The molecule has 2 rings (SSSR count). The van der Waals surface area contributed by atoms with Crippen LogP contribution < -0.4 is 0 Å². The van der Waals surface area contributed by atoms with Crippen molar-refractivity contribution < 1.29 is 0 Å². The zero-order valence-electron chi connectivity index (χ0n) is 10.3. The van der Waals surface area contributed by atoms with E-state index in [2.05, 4.69) is 55.0 Å². The molecule has 0 spiro atoms. The van der Waals surface area contributed by atoms with Crippen molar-refractivity contribution in [2.24, 2.45) is 0 Å². The van der Waals surface area contributed by atoms with E-state index in [1.165, 1.54) is 5.56 Å². The van der Waals surface area contributed by atoms with Crippen LogP contribution in [-0.2, 0) is 5.41 Å². The molecule has 2 aromatic rings. The minimum Gasteiger partial charge on any atom is -0.331 e. The molecule has 1 aromatic carbocycles. The Bertz CT molecular complexity index is 562. The van der Waals surface area contributed by atoms with Gasteiger partial charge in [0, 0.05) is 11.8 Å². The summed E-state index contributed by atoms with van der Waals surface area (Å²) in [5.41, 5.74) is 2.55. The van der Waals surface area contributed by atoms with Crippen LogP contribution in [0, 0.1) is 4.64 Å². The lowest BCUT2D eigenvalue weighted by molar-refractivity contribution is 0.590. The highest BCUT2D eigenvalue weighted by Gasteiger charge is 2.13. The molecule has 88 valence electrons. The molecule has 0 aliphatic heterocycles. The van der Waals surface area contributed by atoms with Gasteiger partial charge in [-0.2, -0.15) is 0 Å². The molecule has 0 saturated heterocycles. The Labute approximate surface area is 107 Å². The average Bonchev–Trinajstić information content (AvgIpc) is 2.28. The van der Waals surface area contributed by atoms with E-state index in [0.717, 1.165) is 11.4 Å². The van der Waals surface area contributed by atoms with Gasteiger partial charge in [0.15, 0.2) is 0 Å². The Morgan fingerprint density at radius 3 is 2.24 bits per heavy atom. The fourth-order valence-electron chi connectivity index (χ4n) is 1.64. The van der Waals surface area contributed by atoms with Gasteiger partial charge in [0.25, 0.3) is 0 Å². The summed E-state index contributed by atoms with van der Waals surface area (Å²) in [5, 5.41) is 0. The summed E-state index contributed by atoms with van der Waals surface area (Å²) in [6.45, 7) is 6.61. The van der Waals surface area contributed by atoms with E-state index in [-0.39, 0.29) is 5.41 Å². The maximum absolute atomic E-state index is 5.09. The van der Waals surface area contributed by atoms with E-state index < -0.39 is 0 Å². The van der Waals surface area contributed by atoms with E-state index in [9.17, 15) is 0 Å². The number of hydrogen-bond acceptors (Lipinski definition) is 2. The minimum atomic E-state index is 0.176. The van der Waals surface area contributed by atoms with E-state index in [1.54, 1.807) is 12.3 Å². The third-order valence-corrected chi connectivity index (χ3v) is 2.93. The van der Waals surface area contributed by atoms with E-state index >= 15 is 0 Å². The molecule has 0 radical (unpaired) electrons. The summed E-state index contributed by atoms with van der Waals surface area (Å²) >= 11 is 5.09. The zero-order valence-corrected chi connectivity index (χ0v) is 11.1. The molecule has 0 fully saturated rings. The first-order chi connectivity index (χ1) is 7.97. The van der Waals surface area contributed by atoms with Gasteiger partial charge in [0.05, 0.1) is 0 Å². The molecule has 0 aliphatic rings. The Morgan fingerprint density at radius 1 is 1.06 bits per heavy atom. The molecule has 0 bridgehead atoms. The predicted octanol–water partition coefficient (Wildman–Crippen LogP) is 4.10. The summed E-state index contributed by atoms with van der Waals surface area (Å²) in [6, 6.07) is 10.2. The van der Waals surface area contributed by atoms with Gasteiger partial charge >= 0.3 is 0 Å². The molecule has 0 amide bonds. The number of aromatic amines is 1. The van der Waals surface area contributed by atoms with Gasteiger partial charge in [-0.1, -0.05) is 57.3 Å². The van der Waals surface area contributed by atoms with E-state index in [1.807, 2.05) is 0 Å². The SMILES string of the molecule is CC(C)(C)c1ccc(-c2nccc(=S)[nH]2)cc1. The lowest BCUT2D eigenvalue weighted by Gasteiger charge is -2.19. The van der Waals surface area contributed by atoms with Crippen molar-refractivity contribution in [3.05, 3.63) is 46.7 Å². The molecular formula is C14H16N2S. The number of nitrogens with zero attached hydrogens (tertiary/aromatic N) is 1. The van der Waals surface area contributed by atoms with Crippen LogP contribution >= 0.6 is 12.2 Å². The van der Waals surface area contributed by atoms with Crippen LogP contribution in [0.1, 0.15) is 26.3 Å². The first kappa shape index (κ1) is 12.0. The monoisotopic (exact) mass is 244 g/mol. The standard InChI is InChI=1S/C14H16N2S/c1-14(2,3)11-6-4-10(5-7-11)13-15-9-8-12(17)16-13/h4-9H,1-3H3,(H,15,16,17). The molecule has 0 unspecified atom stereocenters. The number of hydrogen-bond donors (Lipinski definition) is 1. The number of nitrogens with one attached hydrogen (secondary N) is 1. The molecule has 3 heteroatoms. The number of rotatable bonds is 1. The van der Waals surface area contributed by atoms with Crippen molar-refractivity contribution in [2.45, 2.75) is 26.2 Å². The highest BCUT2D eigenvalue weighted by atomic mass is 32.1. The summed E-state index contributed by atoms with van der Waals surface area (Å²) in [7, 11) is 0. The van der Waals surface area contributed by atoms with Crippen LogP contribution in [0.3, 0.4) is 0 Å². The Hall–Kier alpha value is -1.48. The molecule has 17 heavy (non-hydrogen) atoms. The van der Waals surface area contributed by atoms with Crippen LogP contribution in [0.5, 0.6) is 0 Å². The smallest absolute Gasteiger partial charge is 0.138 e. The fourth-order valence-corrected chi connectivity index (χ4v) is 1.80. The fraction of sp³-hybridized carbons (Fsp3) is 0.286. The maximum Gasteiger partial charge on any atom is 0.138 e. The van der Waals surface area contributed by atoms with Crippen molar-refractivity contribution in [3.63, 3.8) is 0 Å². The highest BCUT2D eigenvalue weighted by Crippen LogP contribution is 2.24. The molecule has 0 aliphatic carbocycles. The molecule has 0 atom stereocenters. The third kappa shape index (κ3) is 2.80. The third-order valence-electron chi connectivity index (χ3n) is 2.70. The van der Waals surface area contributed by atoms with Gasteiger partial charge < -0.3 is 4.98 Å². The molecule has 1 aromatic heterocycles. The van der Waals surface area contributed by atoms with E-state index in [0.29, 0.717) is 4.64 Å². The van der Waals surface area contributed by atoms with Gasteiger partial charge in [-0.05, 0) is 17.0 Å². The second kappa shape index (κ2) is 4.41. The second-order valence-electron chi connectivity index (χ2n) is 5.11. The summed E-state index contributed by atoms with van der Waals surface area (Å²) in [4.78, 5) is 7.36. The predicted molar refractivity (Wildman–Crippen MR) is 73.6 cm³/mol. The number of aromatic nitrogens is 2. The van der Waals surface area contributed by atoms with Gasteiger partial charge in [0.1, 0.15) is 10.5 Å². The van der Waals surface area contributed by atoms with Crippen LogP contribution in [0.4, 0.5) is 0 Å². The van der Waals surface area contributed by atoms with Gasteiger partial charge in [0.2, 0.25) is 0 Å². The van der Waals surface area contributed by atoms with Crippen molar-refractivity contribution in [1.29, 1.82) is 0 Å². The van der Waals surface area contributed by atoms with E-state index in [4.69, 9.17) is 12.2 Å². The lowest BCUT2D eigenvalue weighted by atomic mass is 9.87. The minimum absolute atomic E-state index is 0.176. The van der Waals surface area contributed by atoms with Crippen LogP contribution in [-0.4, -0.2) is 9.97 Å². The van der Waals surface area contributed by atoms with Crippen LogP contribution in [0.25, 0.3) is 11.4 Å². The van der Waals surface area contributed by atoms with Gasteiger partial charge in [-0.15, -0.1) is 0 Å². The summed E-state index contributed by atoms with van der Waals surface area (Å²) < 4.78 is 0.704. The second-order valence-corrected chi connectivity index (χ2v) is 5.55. The van der Waals surface area contributed by atoms with Crippen molar-refractivity contribution in [3.8, 4) is 11.4 Å². The van der Waals surface area contributed by atoms with Crippen LogP contribution in [0.2, 0.25) is 0 Å². The maximum atomic E-state index is 5.09. The van der Waals surface area contributed by atoms with Crippen molar-refractivity contribution in [2.75, 3.05) is 0 Å². The number of benzene rings is 1. The quantitative estimate of drug-likeness (QED) is 0.765.